The molecule has 7 nitrogen and oxygen atoms in total. The summed E-state index contributed by atoms with van der Waals surface area (Å²) in [6.07, 6.45) is 6.12. The molecule has 4 rings (SSSR count). The molecule has 162 valence electrons. The Hall–Kier alpha value is -3.35. The van der Waals surface area contributed by atoms with E-state index >= 15 is 0 Å². The fourth-order valence-corrected chi connectivity index (χ4v) is 3.55. The Morgan fingerprint density at radius 2 is 1.90 bits per heavy atom. The molecule has 0 unspecified atom stereocenters. The normalized spacial score (nSPS) is 14.1. The first kappa shape index (κ1) is 20.9. The number of pyridine rings is 1. The molecule has 2 aromatic heterocycles. The summed E-state index contributed by atoms with van der Waals surface area (Å²) in [6.45, 7) is 8.21. The molecule has 1 aromatic carbocycles. The molecule has 0 spiro atoms. The van der Waals surface area contributed by atoms with E-state index < -0.39 is 0 Å². The standard InChI is InChI=1S/C24H30N6O/c1-3-25-24(27-15-19-8-11-22(26-14-19)30-12-4-5-13-30)28-16-21-17-31-23(29-21)20-9-6-18(2)7-10-20/h6-11,14,17H,3-5,12-13,15-16H2,1-2H3,(H2,25,27,28). The Bertz CT molecular complexity index is 988. The number of aryl methyl sites for hydroxylation is 1. The second-order valence-corrected chi connectivity index (χ2v) is 7.78. The summed E-state index contributed by atoms with van der Waals surface area (Å²) < 4.78 is 5.64. The number of nitrogens with zero attached hydrogens (tertiary/aromatic N) is 4. The summed E-state index contributed by atoms with van der Waals surface area (Å²) in [7, 11) is 0. The first-order valence-corrected chi connectivity index (χ1v) is 10.9. The minimum atomic E-state index is 0.535. The van der Waals surface area contributed by atoms with E-state index in [-0.39, 0.29) is 0 Å². The molecular weight excluding hydrogens is 388 g/mol. The van der Waals surface area contributed by atoms with Crippen LogP contribution in [0, 0.1) is 6.92 Å². The van der Waals surface area contributed by atoms with E-state index in [1.54, 1.807) is 6.26 Å². The number of nitrogens with one attached hydrogen (secondary N) is 2. The molecule has 0 amide bonds. The number of aliphatic imine (C=N–C) groups is 1. The van der Waals surface area contributed by atoms with E-state index in [9.17, 15) is 0 Å². The van der Waals surface area contributed by atoms with Crippen molar-refractivity contribution in [3.8, 4) is 11.5 Å². The third kappa shape index (κ3) is 5.63. The summed E-state index contributed by atoms with van der Waals surface area (Å²) in [4.78, 5) is 16.2. The highest BCUT2D eigenvalue weighted by Gasteiger charge is 2.13. The number of hydrogen-bond donors (Lipinski definition) is 2. The summed E-state index contributed by atoms with van der Waals surface area (Å²) in [6, 6.07) is 12.4. The van der Waals surface area contributed by atoms with E-state index in [1.807, 2.05) is 18.3 Å². The van der Waals surface area contributed by atoms with Gasteiger partial charge in [-0.05, 0) is 50.5 Å². The molecule has 1 aliphatic rings. The summed E-state index contributed by atoms with van der Waals surface area (Å²) >= 11 is 0. The third-order valence-corrected chi connectivity index (χ3v) is 5.29. The van der Waals surface area contributed by atoms with Gasteiger partial charge in [-0.1, -0.05) is 23.8 Å². The summed E-state index contributed by atoms with van der Waals surface area (Å²) in [5.74, 6) is 2.43. The number of rotatable bonds is 7. The lowest BCUT2D eigenvalue weighted by Crippen LogP contribution is -2.36. The van der Waals surface area contributed by atoms with Gasteiger partial charge in [0.1, 0.15) is 12.1 Å². The molecule has 3 aromatic rings. The van der Waals surface area contributed by atoms with Gasteiger partial charge in [0.25, 0.3) is 0 Å². The number of benzene rings is 1. The van der Waals surface area contributed by atoms with Crippen molar-refractivity contribution in [3.05, 3.63) is 65.7 Å². The molecule has 1 aliphatic heterocycles. The Labute approximate surface area is 183 Å². The molecule has 0 radical (unpaired) electrons. The SMILES string of the molecule is CCNC(=NCc1ccc(N2CCCC2)nc1)NCc1coc(-c2ccc(C)cc2)n1. The largest absolute Gasteiger partial charge is 0.444 e. The average Bonchev–Trinajstić information content (AvgIpc) is 3.49. The highest BCUT2D eigenvalue weighted by Crippen LogP contribution is 2.19. The van der Waals surface area contributed by atoms with Crippen molar-refractivity contribution in [3.63, 3.8) is 0 Å². The number of hydrogen-bond acceptors (Lipinski definition) is 5. The zero-order valence-electron chi connectivity index (χ0n) is 18.3. The summed E-state index contributed by atoms with van der Waals surface area (Å²) in [5.41, 5.74) is 4.10. The molecular formula is C24H30N6O. The zero-order valence-corrected chi connectivity index (χ0v) is 18.3. The van der Waals surface area contributed by atoms with Gasteiger partial charge in [-0.2, -0.15) is 0 Å². The van der Waals surface area contributed by atoms with Gasteiger partial charge in [-0.15, -0.1) is 0 Å². The minimum Gasteiger partial charge on any atom is -0.444 e. The molecule has 31 heavy (non-hydrogen) atoms. The lowest BCUT2D eigenvalue weighted by Gasteiger charge is -2.16. The number of guanidine groups is 1. The molecule has 1 fully saturated rings. The van der Waals surface area contributed by atoms with Crippen molar-refractivity contribution in [2.24, 2.45) is 4.99 Å². The molecule has 3 heterocycles. The van der Waals surface area contributed by atoms with Crippen LogP contribution in [0.1, 0.15) is 36.6 Å². The van der Waals surface area contributed by atoms with Gasteiger partial charge in [0.05, 0.1) is 18.8 Å². The molecule has 0 aliphatic carbocycles. The second kappa shape index (κ2) is 10.1. The average molecular weight is 419 g/mol. The minimum absolute atomic E-state index is 0.535. The van der Waals surface area contributed by atoms with Gasteiger partial charge in [0.15, 0.2) is 5.96 Å². The lowest BCUT2D eigenvalue weighted by molar-refractivity contribution is 0.572. The zero-order chi connectivity index (χ0) is 21.5. The van der Waals surface area contributed by atoms with Gasteiger partial charge in [0.2, 0.25) is 5.89 Å². The second-order valence-electron chi connectivity index (χ2n) is 7.78. The van der Waals surface area contributed by atoms with Crippen LogP contribution in [0.2, 0.25) is 0 Å². The topological polar surface area (TPSA) is 78.6 Å². The fraction of sp³-hybridized carbons (Fsp3) is 0.375. The van der Waals surface area contributed by atoms with Crippen LogP contribution in [-0.4, -0.2) is 35.6 Å². The van der Waals surface area contributed by atoms with Crippen molar-refractivity contribution in [1.82, 2.24) is 20.6 Å². The maximum atomic E-state index is 5.64. The first-order chi connectivity index (χ1) is 15.2. The van der Waals surface area contributed by atoms with Crippen molar-refractivity contribution in [2.75, 3.05) is 24.5 Å². The number of anilines is 1. The molecule has 1 saturated heterocycles. The Balaban J connectivity index is 1.34. The molecule has 7 heteroatoms. The number of aromatic nitrogens is 2. The van der Waals surface area contributed by atoms with Gasteiger partial charge < -0.3 is 20.0 Å². The first-order valence-electron chi connectivity index (χ1n) is 10.9. The van der Waals surface area contributed by atoms with Crippen molar-refractivity contribution in [2.45, 2.75) is 39.8 Å². The highest BCUT2D eigenvalue weighted by atomic mass is 16.3. The fourth-order valence-electron chi connectivity index (χ4n) is 3.55. The monoisotopic (exact) mass is 418 g/mol. The van der Waals surface area contributed by atoms with E-state index in [1.165, 1.54) is 18.4 Å². The molecule has 0 bridgehead atoms. The van der Waals surface area contributed by atoms with Crippen molar-refractivity contribution < 1.29 is 4.42 Å². The van der Waals surface area contributed by atoms with E-state index in [4.69, 9.17) is 4.42 Å². The van der Waals surface area contributed by atoms with E-state index in [2.05, 4.69) is 68.6 Å². The quantitative estimate of drug-likeness (QED) is 0.448. The predicted molar refractivity (Wildman–Crippen MR) is 124 cm³/mol. The number of oxazole rings is 1. The van der Waals surface area contributed by atoms with Crippen LogP contribution in [0.4, 0.5) is 5.82 Å². The predicted octanol–water partition coefficient (Wildman–Crippen LogP) is 3.90. The van der Waals surface area contributed by atoms with Gasteiger partial charge in [-0.25, -0.2) is 15.0 Å². The molecule has 0 saturated carbocycles. The van der Waals surface area contributed by atoms with E-state index in [0.29, 0.717) is 19.0 Å². The van der Waals surface area contributed by atoms with Crippen LogP contribution in [-0.2, 0) is 13.1 Å². The lowest BCUT2D eigenvalue weighted by atomic mass is 10.1. The maximum absolute atomic E-state index is 5.64. The third-order valence-electron chi connectivity index (χ3n) is 5.29. The van der Waals surface area contributed by atoms with Gasteiger partial charge in [0, 0.05) is 31.4 Å². The van der Waals surface area contributed by atoms with Gasteiger partial charge in [-0.3, -0.25) is 0 Å². The van der Waals surface area contributed by atoms with Crippen LogP contribution in [0.5, 0.6) is 0 Å². The Morgan fingerprint density at radius 3 is 2.61 bits per heavy atom. The van der Waals surface area contributed by atoms with Crippen LogP contribution in [0.3, 0.4) is 0 Å². The smallest absolute Gasteiger partial charge is 0.226 e. The van der Waals surface area contributed by atoms with Crippen molar-refractivity contribution in [1.29, 1.82) is 0 Å². The van der Waals surface area contributed by atoms with Crippen LogP contribution < -0.4 is 15.5 Å². The highest BCUT2D eigenvalue weighted by molar-refractivity contribution is 5.79. The van der Waals surface area contributed by atoms with Crippen LogP contribution >= 0.6 is 0 Å². The summed E-state index contributed by atoms with van der Waals surface area (Å²) in [5, 5.41) is 6.60. The van der Waals surface area contributed by atoms with E-state index in [0.717, 1.165) is 48.2 Å². The van der Waals surface area contributed by atoms with Gasteiger partial charge >= 0.3 is 0 Å². The Morgan fingerprint density at radius 1 is 1.10 bits per heavy atom. The van der Waals surface area contributed by atoms with Crippen LogP contribution in [0.15, 0.2) is 58.3 Å². The van der Waals surface area contributed by atoms with Crippen molar-refractivity contribution >= 4 is 11.8 Å². The molecule has 0 atom stereocenters. The maximum Gasteiger partial charge on any atom is 0.226 e. The Kier molecular flexibility index (Phi) is 6.82. The molecule has 2 N–H and O–H groups in total. The van der Waals surface area contributed by atoms with Crippen LogP contribution in [0.25, 0.3) is 11.5 Å².